The van der Waals surface area contributed by atoms with E-state index in [1.807, 2.05) is 0 Å². The number of nitrogens with zero attached hydrogens (tertiary/aromatic N) is 1. The van der Waals surface area contributed by atoms with Crippen LogP contribution in [0.3, 0.4) is 0 Å². The van der Waals surface area contributed by atoms with Crippen molar-refractivity contribution in [1.82, 2.24) is 4.90 Å². The quantitative estimate of drug-likeness (QED) is 0.599. The number of hydrogen-bond acceptors (Lipinski definition) is 7. The molecule has 170 valence electrons. The summed E-state index contributed by atoms with van der Waals surface area (Å²) in [5.74, 6) is -0.864. The van der Waals surface area contributed by atoms with Crippen molar-refractivity contribution in [3.8, 4) is 0 Å². The van der Waals surface area contributed by atoms with Gasteiger partial charge in [0.05, 0.1) is 23.3 Å². The van der Waals surface area contributed by atoms with Crippen molar-refractivity contribution >= 4 is 50.5 Å². The second-order valence-electron chi connectivity index (χ2n) is 7.11. The maximum atomic E-state index is 12.8. The Morgan fingerprint density at radius 1 is 1.19 bits per heavy atom. The number of anilines is 1. The third-order valence-corrected chi connectivity index (χ3v) is 8.03. The van der Waals surface area contributed by atoms with Gasteiger partial charge >= 0.3 is 5.97 Å². The number of sulfone groups is 1. The number of benzene rings is 1. The van der Waals surface area contributed by atoms with E-state index in [4.69, 9.17) is 4.74 Å². The van der Waals surface area contributed by atoms with E-state index in [-0.39, 0.29) is 23.1 Å². The number of hydrogen-bond donors (Lipinski definition) is 1. The molecular formula is C21H27ClN2O5S2. The number of esters is 1. The fourth-order valence-corrected chi connectivity index (χ4v) is 5.68. The largest absolute Gasteiger partial charge is 0.465 e. The SMILES string of the molecule is CCCN1CCc2c(sc(NC(=O)c3ccc(S(=O)(=O)CC)cc3)c2C(=O)OC)C1.Cl. The highest BCUT2D eigenvalue weighted by atomic mass is 35.5. The molecule has 2 heterocycles. The van der Waals surface area contributed by atoms with E-state index in [0.717, 1.165) is 42.9 Å². The lowest BCUT2D eigenvalue weighted by Crippen LogP contribution is -2.30. The van der Waals surface area contributed by atoms with Crippen molar-refractivity contribution in [2.24, 2.45) is 0 Å². The summed E-state index contributed by atoms with van der Waals surface area (Å²) >= 11 is 1.40. The second kappa shape index (κ2) is 10.6. The van der Waals surface area contributed by atoms with Crippen molar-refractivity contribution in [1.29, 1.82) is 0 Å². The maximum absolute atomic E-state index is 12.8. The number of carbonyl (C=O) groups excluding carboxylic acids is 2. The molecule has 1 aliphatic heterocycles. The minimum absolute atomic E-state index is 0. The molecule has 3 rings (SSSR count). The zero-order valence-electron chi connectivity index (χ0n) is 17.8. The molecule has 0 spiro atoms. The number of thiophene rings is 1. The molecule has 0 saturated heterocycles. The molecule has 0 atom stereocenters. The molecular weight excluding hydrogens is 460 g/mol. The number of carbonyl (C=O) groups is 2. The minimum atomic E-state index is -3.33. The Kier molecular flexibility index (Phi) is 8.65. The Balaban J connectivity index is 0.00000341. The van der Waals surface area contributed by atoms with Gasteiger partial charge in [-0.3, -0.25) is 9.69 Å². The molecule has 1 aliphatic rings. The molecule has 10 heteroatoms. The zero-order chi connectivity index (χ0) is 21.9. The Labute approximate surface area is 193 Å². The van der Waals surface area contributed by atoms with Crippen LogP contribution in [-0.2, 0) is 27.5 Å². The Morgan fingerprint density at radius 2 is 1.87 bits per heavy atom. The van der Waals surface area contributed by atoms with Gasteiger partial charge in [-0.1, -0.05) is 13.8 Å². The number of methoxy groups -OCH3 is 1. The summed E-state index contributed by atoms with van der Waals surface area (Å²) < 4.78 is 28.9. The Hall–Kier alpha value is -1.94. The second-order valence-corrected chi connectivity index (χ2v) is 10.5. The number of nitrogens with one attached hydrogen (secondary N) is 1. The van der Waals surface area contributed by atoms with E-state index >= 15 is 0 Å². The van der Waals surface area contributed by atoms with Crippen molar-refractivity contribution in [3.05, 3.63) is 45.8 Å². The first-order chi connectivity index (χ1) is 14.3. The molecule has 0 radical (unpaired) electrons. The molecule has 0 fully saturated rings. The highest BCUT2D eigenvalue weighted by Crippen LogP contribution is 2.38. The van der Waals surface area contributed by atoms with Crippen LogP contribution in [0.2, 0.25) is 0 Å². The van der Waals surface area contributed by atoms with Gasteiger partial charge in [-0.15, -0.1) is 23.7 Å². The highest BCUT2D eigenvalue weighted by molar-refractivity contribution is 7.91. The summed E-state index contributed by atoms with van der Waals surface area (Å²) in [5.41, 5.74) is 1.69. The highest BCUT2D eigenvalue weighted by Gasteiger charge is 2.29. The monoisotopic (exact) mass is 486 g/mol. The smallest absolute Gasteiger partial charge is 0.341 e. The molecule has 0 aliphatic carbocycles. The number of fused-ring (bicyclic) bond motifs is 1. The van der Waals surface area contributed by atoms with E-state index in [0.29, 0.717) is 16.1 Å². The fraction of sp³-hybridized carbons (Fsp3) is 0.429. The normalized spacial score (nSPS) is 13.8. The number of ether oxygens (including phenoxy) is 1. The van der Waals surface area contributed by atoms with Gasteiger partial charge in [-0.05, 0) is 49.2 Å². The van der Waals surface area contributed by atoms with Crippen LogP contribution >= 0.6 is 23.7 Å². The van der Waals surface area contributed by atoms with E-state index in [2.05, 4.69) is 17.1 Å². The Bertz CT molecular complexity index is 1050. The van der Waals surface area contributed by atoms with Gasteiger partial charge in [0, 0.05) is 23.5 Å². The molecule has 1 aromatic carbocycles. The third-order valence-electron chi connectivity index (χ3n) is 5.15. The van der Waals surface area contributed by atoms with Crippen molar-refractivity contribution in [2.75, 3.05) is 31.3 Å². The molecule has 0 unspecified atom stereocenters. The number of amides is 1. The number of halogens is 1. The van der Waals surface area contributed by atoms with E-state index < -0.39 is 21.7 Å². The lowest BCUT2D eigenvalue weighted by molar-refractivity contribution is 0.0600. The topological polar surface area (TPSA) is 92.8 Å². The molecule has 1 N–H and O–H groups in total. The maximum Gasteiger partial charge on any atom is 0.341 e. The predicted octanol–water partition coefficient (Wildman–Crippen LogP) is 3.77. The van der Waals surface area contributed by atoms with Crippen LogP contribution in [0.15, 0.2) is 29.2 Å². The van der Waals surface area contributed by atoms with Crippen molar-refractivity contribution in [3.63, 3.8) is 0 Å². The average Bonchev–Trinajstić information content (AvgIpc) is 3.10. The fourth-order valence-electron chi connectivity index (χ4n) is 3.53. The van der Waals surface area contributed by atoms with Gasteiger partial charge in [-0.25, -0.2) is 13.2 Å². The van der Waals surface area contributed by atoms with Crippen LogP contribution in [-0.4, -0.2) is 51.1 Å². The molecule has 1 amide bonds. The molecule has 0 saturated carbocycles. The lowest BCUT2D eigenvalue weighted by Gasteiger charge is -2.26. The van der Waals surface area contributed by atoms with Crippen molar-refractivity contribution < 1.29 is 22.7 Å². The van der Waals surface area contributed by atoms with Crippen LogP contribution in [0.25, 0.3) is 0 Å². The van der Waals surface area contributed by atoms with Gasteiger partial charge < -0.3 is 10.1 Å². The van der Waals surface area contributed by atoms with Gasteiger partial charge in [0.2, 0.25) is 0 Å². The molecule has 0 bridgehead atoms. The number of rotatable bonds is 7. The van der Waals surface area contributed by atoms with Crippen molar-refractivity contribution in [2.45, 2.75) is 38.1 Å². The standard InChI is InChI=1S/C21H26N2O5S2.ClH/c1-4-11-23-12-10-16-17(13-23)29-20(18(16)21(25)28-3)22-19(24)14-6-8-15(9-7-14)30(26,27)5-2;/h6-9H,4-5,10-13H2,1-3H3,(H,22,24);1H. The zero-order valence-corrected chi connectivity index (χ0v) is 20.2. The predicted molar refractivity (Wildman–Crippen MR) is 124 cm³/mol. The van der Waals surface area contributed by atoms with E-state index in [9.17, 15) is 18.0 Å². The first-order valence-electron chi connectivity index (χ1n) is 9.90. The molecule has 2 aromatic rings. The summed E-state index contributed by atoms with van der Waals surface area (Å²) in [6, 6.07) is 5.81. The van der Waals surface area contributed by atoms with E-state index in [1.165, 1.54) is 42.7 Å². The third kappa shape index (κ3) is 5.46. The van der Waals surface area contributed by atoms with Gasteiger partial charge in [0.15, 0.2) is 9.84 Å². The Morgan fingerprint density at radius 3 is 2.45 bits per heavy atom. The first-order valence-corrected chi connectivity index (χ1v) is 12.4. The van der Waals surface area contributed by atoms with Gasteiger partial charge in [0.25, 0.3) is 5.91 Å². The summed E-state index contributed by atoms with van der Waals surface area (Å²) in [6.45, 7) is 6.30. The first kappa shape index (κ1) is 25.3. The molecule has 31 heavy (non-hydrogen) atoms. The van der Waals surface area contributed by atoms with Crippen LogP contribution in [0.5, 0.6) is 0 Å². The lowest BCUT2D eigenvalue weighted by atomic mass is 10.0. The summed E-state index contributed by atoms with van der Waals surface area (Å²) in [5, 5.41) is 3.30. The van der Waals surface area contributed by atoms with Crippen LogP contribution in [0.1, 0.15) is 51.4 Å². The van der Waals surface area contributed by atoms with Crippen LogP contribution in [0.4, 0.5) is 5.00 Å². The molecule has 1 aromatic heterocycles. The van der Waals surface area contributed by atoms with Crippen LogP contribution in [0, 0.1) is 0 Å². The summed E-state index contributed by atoms with van der Waals surface area (Å²) in [4.78, 5) is 28.8. The van der Waals surface area contributed by atoms with Gasteiger partial charge in [-0.2, -0.15) is 0 Å². The minimum Gasteiger partial charge on any atom is -0.465 e. The van der Waals surface area contributed by atoms with Gasteiger partial charge in [0.1, 0.15) is 5.00 Å². The summed E-state index contributed by atoms with van der Waals surface area (Å²) in [7, 11) is -2.00. The average molecular weight is 487 g/mol. The van der Waals surface area contributed by atoms with Crippen LogP contribution < -0.4 is 5.32 Å². The summed E-state index contributed by atoms with van der Waals surface area (Å²) in [6.07, 6.45) is 1.79. The molecule has 7 nitrogen and oxygen atoms in total. The van der Waals surface area contributed by atoms with E-state index in [1.54, 1.807) is 6.92 Å².